The van der Waals surface area contributed by atoms with Crippen molar-refractivity contribution >= 4 is 0 Å². The first-order chi connectivity index (χ1) is 8.66. The number of rotatable bonds is 6. The van der Waals surface area contributed by atoms with Gasteiger partial charge in [-0.05, 0) is 27.2 Å². The van der Waals surface area contributed by atoms with Crippen LogP contribution in [0.4, 0.5) is 13.2 Å². The van der Waals surface area contributed by atoms with Gasteiger partial charge in [-0.3, -0.25) is 0 Å². The lowest BCUT2D eigenvalue weighted by molar-refractivity contribution is -0.136. The van der Waals surface area contributed by atoms with Crippen LogP contribution in [0.5, 0.6) is 6.08 Å². The molecule has 4 nitrogen and oxygen atoms in total. The molecule has 110 valence electrons. The summed E-state index contributed by atoms with van der Waals surface area (Å²) in [6.07, 6.45) is -3.69. The fourth-order valence-corrected chi connectivity index (χ4v) is 1.22. The van der Waals surface area contributed by atoms with Crippen LogP contribution in [0.15, 0.2) is 10.7 Å². The van der Waals surface area contributed by atoms with Gasteiger partial charge in [-0.25, -0.2) is 0 Å². The second-order valence-corrected chi connectivity index (χ2v) is 5.28. The Hall–Kier alpha value is -1.24. The van der Waals surface area contributed by atoms with Crippen LogP contribution in [0.1, 0.15) is 39.3 Å². The van der Waals surface area contributed by atoms with E-state index in [1.54, 1.807) is 0 Å². The number of hydrogen-bond donors (Lipinski definition) is 1. The summed E-state index contributed by atoms with van der Waals surface area (Å²) >= 11 is 0. The Morgan fingerprint density at radius 1 is 1.32 bits per heavy atom. The minimum atomic E-state index is -4.15. The van der Waals surface area contributed by atoms with E-state index in [4.69, 9.17) is 9.15 Å². The van der Waals surface area contributed by atoms with Gasteiger partial charge < -0.3 is 14.5 Å². The Labute approximate surface area is 110 Å². The third kappa shape index (κ3) is 7.71. The molecule has 0 saturated carbocycles. The van der Waals surface area contributed by atoms with E-state index >= 15 is 0 Å². The lowest BCUT2D eigenvalue weighted by Crippen LogP contribution is -2.35. The zero-order valence-corrected chi connectivity index (χ0v) is 11.3. The monoisotopic (exact) mass is 280 g/mol. The van der Waals surface area contributed by atoms with Crippen LogP contribution in [0.2, 0.25) is 0 Å². The molecule has 0 atom stereocenters. The largest absolute Gasteiger partial charge is 0.450 e. The molecule has 7 heteroatoms. The second kappa shape index (κ2) is 6.27. The van der Waals surface area contributed by atoms with Crippen LogP contribution in [-0.4, -0.2) is 23.3 Å². The Bertz CT molecular complexity index is 383. The van der Waals surface area contributed by atoms with Crippen LogP contribution < -0.4 is 10.1 Å². The number of hydrogen-bond acceptors (Lipinski definition) is 4. The molecular formula is C12H19F3N2O2. The van der Waals surface area contributed by atoms with E-state index in [9.17, 15) is 13.2 Å². The van der Waals surface area contributed by atoms with Gasteiger partial charge in [0.05, 0.1) is 12.3 Å². The molecule has 1 aromatic rings. The maximum absolute atomic E-state index is 11.9. The lowest BCUT2D eigenvalue weighted by atomic mass is 10.1. The van der Waals surface area contributed by atoms with Gasteiger partial charge in [-0.15, -0.1) is 0 Å². The molecule has 0 aliphatic carbocycles. The van der Waals surface area contributed by atoms with E-state index in [0.29, 0.717) is 12.2 Å². The third-order valence-corrected chi connectivity index (χ3v) is 2.16. The van der Waals surface area contributed by atoms with E-state index in [2.05, 4.69) is 10.3 Å². The summed E-state index contributed by atoms with van der Waals surface area (Å²) in [5.41, 5.74) is 0.605. The first-order valence-electron chi connectivity index (χ1n) is 6.05. The summed E-state index contributed by atoms with van der Waals surface area (Å²) in [6, 6.07) is 0. The van der Waals surface area contributed by atoms with Crippen molar-refractivity contribution in [1.82, 2.24) is 10.3 Å². The number of oxazole rings is 1. The van der Waals surface area contributed by atoms with Crippen molar-refractivity contribution in [1.29, 1.82) is 0 Å². The van der Waals surface area contributed by atoms with Crippen LogP contribution in [0, 0.1) is 0 Å². The van der Waals surface area contributed by atoms with Crippen molar-refractivity contribution in [2.75, 3.05) is 6.61 Å². The molecule has 1 aromatic heterocycles. The maximum Gasteiger partial charge on any atom is 0.393 e. The molecule has 1 heterocycles. The molecule has 0 aromatic carbocycles. The Balaban J connectivity index is 2.27. The first-order valence-corrected chi connectivity index (χ1v) is 6.05. The van der Waals surface area contributed by atoms with Gasteiger partial charge in [-0.2, -0.15) is 18.2 Å². The smallest absolute Gasteiger partial charge is 0.393 e. The molecular weight excluding hydrogens is 261 g/mol. The number of aromatic nitrogens is 1. The average Bonchev–Trinajstić information content (AvgIpc) is 2.67. The number of nitrogens with zero attached hydrogens (tertiary/aromatic N) is 1. The molecule has 0 amide bonds. The molecule has 19 heavy (non-hydrogen) atoms. The fourth-order valence-electron chi connectivity index (χ4n) is 1.22. The Kier molecular flexibility index (Phi) is 5.22. The molecule has 0 fully saturated rings. The molecule has 0 aliphatic rings. The minimum Gasteiger partial charge on any atom is -0.450 e. The summed E-state index contributed by atoms with van der Waals surface area (Å²) in [5.74, 6) is 0. The van der Waals surface area contributed by atoms with Gasteiger partial charge in [0.25, 0.3) is 0 Å². The predicted molar refractivity (Wildman–Crippen MR) is 63.9 cm³/mol. The number of nitrogens with one attached hydrogen (secondary N) is 1. The Morgan fingerprint density at radius 3 is 2.58 bits per heavy atom. The van der Waals surface area contributed by atoms with Crippen LogP contribution in [0.3, 0.4) is 0 Å². The van der Waals surface area contributed by atoms with Crippen LogP contribution in [-0.2, 0) is 6.54 Å². The van der Waals surface area contributed by atoms with Gasteiger partial charge in [0.15, 0.2) is 0 Å². The van der Waals surface area contributed by atoms with Gasteiger partial charge in [-0.1, -0.05) is 0 Å². The molecule has 1 N–H and O–H groups in total. The minimum absolute atomic E-state index is 0.00730. The van der Waals surface area contributed by atoms with Gasteiger partial charge in [0.1, 0.15) is 6.26 Å². The maximum atomic E-state index is 11.9. The van der Waals surface area contributed by atoms with Crippen molar-refractivity contribution in [3.05, 3.63) is 12.0 Å². The standard InChI is InChI=1S/C12H19F3N2O2/c1-11(2,3)16-7-9-8-19-10(17-9)18-6-4-5-12(13,14)15/h8,16H,4-7H2,1-3H3. The highest BCUT2D eigenvalue weighted by Crippen LogP contribution is 2.21. The number of halogens is 3. The highest BCUT2D eigenvalue weighted by molar-refractivity contribution is 5.00. The lowest BCUT2D eigenvalue weighted by Gasteiger charge is -2.19. The molecule has 0 radical (unpaired) electrons. The van der Waals surface area contributed by atoms with E-state index in [1.165, 1.54) is 6.26 Å². The zero-order chi connectivity index (χ0) is 14.5. The summed E-state index contributed by atoms with van der Waals surface area (Å²) in [5, 5.41) is 3.21. The van der Waals surface area contributed by atoms with Crippen molar-refractivity contribution in [2.45, 2.75) is 51.9 Å². The fraction of sp³-hybridized carbons (Fsp3) is 0.750. The molecule has 1 rings (SSSR count). The molecule has 0 bridgehead atoms. The summed E-state index contributed by atoms with van der Waals surface area (Å²) in [7, 11) is 0. The highest BCUT2D eigenvalue weighted by Gasteiger charge is 2.26. The van der Waals surface area contributed by atoms with E-state index in [1.807, 2.05) is 20.8 Å². The zero-order valence-electron chi connectivity index (χ0n) is 11.3. The Morgan fingerprint density at radius 2 is 2.00 bits per heavy atom. The highest BCUT2D eigenvalue weighted by atomic mass is 19.4. The summed E-state index contributed by atoms with van der Waals surface area (Å²) in [4.78, 5) is 4.01. The van der Waals surface area contributed by atoms with Gasteiger partial charge >= 0.3 is 12.3 Å². The quantitative estimate of drug-likeness (QED) is 0.812. The van der Waals surface area contributed by atoms with Gasteiger partial charge in [0, 0.05) is 18.5 Å². The molecule has 0 unspecified atom stereocenters. The molecule has 0 aliphatic heterocycles. The molecule has 0 spiro atoms. The van der Waals surface area contributed by atoms with Crippen LogP contribution in [0.25, 0.3) is 0 Å². The SMILES string of the molecule is CC(C)(C)NCc1coc(OCCCC(F)(F)F)n1. The van der Waals surface area contributed by atoms with E-state index < -0.39 is 12.6 Å². The van der Waals surface area contributed by atoms with Crippen molar-refractivity contribution in [3.63, 3.8) is 0 Å². The van der Waals surface area contributed by atoms with Crippen LogP contribution >= 0.6 is 0 Å². The third-order valence-electron chi connectivity index (χ3n) is 2.16. The number of ether oxygens (including phenoxy) is 1. The van der Waals surface area contributed by atoms with Crippen molar-refractivity contribution < 1.29 is 22.3 Å². The summed E-state index contributed by atoms with van der Waals surface area (Å²) < 4.78 is 45.7. The predicted octanol–water partition coefficient (Wildman–Crippen LogP) is 3.28. The average molecular weight is 280 g/mol. The van der Waals surface area contributed by atoms with Crippen molar-refractivity contribution in [3.8, 4) is 6.08 Å². The normalized spacial score (nSPS) is 12.7. The van der Waals surface area contributed by atoms with E-state index in [-0.39, 0.29) is 24.6 Å². The topological polar surface area (TPSA) is 47.3 Å². The van der Waals surface area contributed by atoms with Crippen molar-refractivity contribution in [2.24, 2.45) is 0 Å². The van der Waals surface area contributed by atoms with Gasteiger partial charge in [0.2, 0.25) is 0 Å². The molecule has 0 saturated heterocycles. The van der Waals surface area contributed by atoms with E-state index in [0.717, 1.165) is 0 Å². The summed E-state index contributed by atoms with van der Waals surface area (Å²) in [6.45, 7) is 6.50. The number of alkyl halides is 3. The first kappa shape index (κ1) is 15.8. The second-order valence-electron chi connectivity index (χ2n) is 5.28.